The average molecular weight is 480 g/mol. The summed E-state index contributed by atoms with van der Waals surface area (Å²) < 4.78 is 0. The van der Waals surface area contributed by atoms with Gasteiger partial charge in [-0.1, -0.05) is 48.7 Å². The van der Waals surface area contributed by atoms with E-state index < -0.39 is 0 Å². The second-order valence-corrected chi connectivity index (χ2v) is 10.4. The number of fused-ring (bicyclic) bond motifs is 1. The third-order valence-corrected chi connectivity index (χ3v) is 8.14. The summed E-state index contributed by atoms with van der Waals surface area (Å²) >= 11 is 5.98. The molecule has 3 aliphatic rings. The second-order valence-electron chi connectivity index (χ2n) is 9.98. The van der Waals surface area contributed by atoms with Gasteiger partial charge in [0, 0.05) is 36.8 Å². The van der Waals surface area contributed by atoms with Gasteiger partial charge < -0.3 is 10.2 Å². The van der Waals surface area contributed by atoms with E-state index in [1.54, 1.807) is 24.3 Å². The molecule has 2 amide bonds. The first-order valence-corrected chi connectivity index (χ1v) is 13.1. The van der Waals surface area contributed by atoms with Crippen molar-refractivity contribution in [3.8, 4) is 0 Å². The largest absolute Gasteiger partial charge is 0.348 e. The van der Waals surface area contributed by atoms with Gasteiger partial charge in [-0.2, -0.15) is 0 Å². The fourth-order valence-electron chi connectivity index (χ4n) is 6.09. The molecule has 2 atom stereocenters. The molecule has 0 unspecified atom stereocenters. The molecule has 0 bridgehead atoms. The number of hydrogen-bond donors (Lipinski definition) is 1. The van der Waals surface area contributed by atoms with Gasteiger partial charge in [0.15, 0.2) is 0 Å². The number of carbonyl (C=O) groups is 2. The highest BCUT2D eigenvalue weighted by atomic mass is 35.5. The van der Waals surface area contributed by atoms with Gasteiger partial charge in [0.05, 0.1) is 12.1 Å². The Hall–Kier alpha value is -2.37. The molecular formula is C28H34ClN3O2. The number of benzene rings is 2. The molecule has 0 radical (unpaired) electrons. The zero-order chi connectivity index (χ0) is 23.5. The van der Waals surface area contributed by atoms with Crippen LogP contribution in [0.5, 0.6) is 0 Å². The average Bonchev–Trinajstić information content (AvgIpc) is 3.39. The minimum absolute atomic E-state index is 0.0389. The first-order valence-electron chi connectivity index (χ1n) is 12.8. The summed E-state index contributed by atoms with van der Waals surface area (Å²) in [4.78, 5) is 30.9. The molecule has 0 spiro atoms. The van der Waals surface area contributed by atoms with E-state index in [4.69, 9.17) is 11.6 Å². The van der Waals surface area contributed by atoms with E-state index in [1.165, 1.54) is 24.0 Å². The first-order chi connectivity index (χ1) is 16.6. The molecule has 2 fully saturated rings. The predicted octanol–water partition coefficient (Wildman–Crippen LogP) is 4.85. The van der Waals surface area contributed by atoms with Crippen molar-refractivity contribution in [2.45, 2.75) is 57.0 Å². The molecule has 1 saturated carbocycles. The zero-order valence-electron chi connectivity index (χ0n) is 19.7. The summed E-state index contributed by atoms with van der Waals surface area (Å²) in [6.07, 6.45) is 7.85. The van der Waals surface area contributed by atoms with Crippen LogP contribution in [0.15, 0.2) is 48.5 Å². The number of carbonyl (C=O) groups excluding carboxylic acids is 2. The number of hydrogen-bond acceptors (Lipinski definition) is 3. The third kappa shape index (κ3) is 5.01. The number of aryl methyl sites for hydroxylation is 1. The fraction of sp³-hybridized carbons (Fsp3) is 0.500. The van der Waals surface area contributed by atoms with Crippen molar-refractivity contribution in [1.29, 1.82) is 0 Å². The van der Waals surface area contributed by atoms with E-state index in [2.05, 4.69) is 34.5 Å². The molecule has 0 aromatic heterocycles. The Morgan fingerprint density at radius 2 is 1.59 bits per heavy atom. The van der Waals surface area contributed by atoms with E-state index in [0.29, 0.717) is 29.6 Å². The highest BCUT2D eigenvalue weighted by Crippen LogP contribution is 2.33. The van der Waals surface area contributed by atoms with Crippen molar-refractivity contribution in [1.82, 2.24) is 15.1 Å². The smallest absolute Gasteiger partial charge is 0.253 e. The highest BCUT2D eigenvalue weighted by Gasteiger charge is 2.38. The topological polar surface area (TPSA) is 52.7 Å². The SMILES string of the molecule is O=C(N[C@H]1CCCc2ccccc21)[C@@H](C1CCCC1)N1CCN(C(=O)c2ccc(Cl)cc2)CC1. The summed E-state index contributed by atoms with van der Waals surface area (Å²) in [7, 11) is 0. The van der Waals surface area contributed by atoms with Gasteiger partial charge in [-0.15, -0.1) is 0 Å². The predicted molar refractivity (Wildman–Crippen MR) is 135 cm³/mol. The van der Waals surface area contributed by atoms with E-state index >= 15 is 0 Å². The Morgan fingerprint density at radius 3 is 2.32 bits per heavy atom. The van der Waals surface area contributed by atoms with Crippen molar-refractivity contribution < 1.29 is 9.59 Å². The van der Waals surface area contributed by atoms with Gasteiger partial charge >= 0.3 is 0 Å². The minimum Gasteiger partial charge on any atom is -0.348 e. The molecule has 2 aromatic carbocycles. The van der Waals surface area contributed by atoms with Crippen LogP contribution in [-0.2, 0) is 11.2 Å². The summed E-state index contributed by atoms with van der Waals surface area (Å²) in [5.74, 6) is 0.612. The lowest BCUT2D eigenvalue weighted by molar-refractivity contribution is -0.130. The van der Waals surface area contributed by atoms with Crippen molar-refractivity contribution in [2.75, 3.05) is 26.2 Å². The molecule has 34 heavy (non-hydrogen) atoms. The molecule has 5 rings (SSSR count). The van der Waals surface area contributed by atoms with Crippen molar-refractivity contribution in [3.05, 3.63) is 70.2 Å². The number of piperazine rings is 1. The van der Waals surface area contributed by atoms with Crippen LogP contribution in [-0.4, -0.2) is 53.8 Å². The first kappa shape index (κ1) is 23.4. The van der Waals surface area contributed by atoms with Crippen LogP contribution >= 0.6 is 11.6 Å². The molecule has 2 aliphatic carbocycles. The van der Waals surface area contributed by atoms with Crippen LogP contribution in [0.25, 0.3) is 0 Å². The second kappa shape index (κ2) is 10.5. The lowest BCUT2D eigenvalue weighted by atomic mass is 9.87. The number of nitrogens with one attached hydrogen (secondary N) is 1. The van der Waals surface area contributed by atoms with Gasteiger partial charge in [0.2, 0.25) is 5.91 Å². The fourth-order valence-corrected chi connectivity index (χ4v) is 6.22. The maximum Gasteiger partial charge on any atom is 0.253 e. The van der Waals surface area contributed by atoms with E-state index in [1.807, 2.05) is 4.90 Å². The summed E-state index contributed by atoms with van der Waals surface area (Å²) in [6.45, 7) is 2.75. The molecule has 180 valence electrons. The number of halogens is 1. The maximum absolute atomic E-state index is 13.7. The Morgan fingerprint density at radius 1 is 0.882 bits per heavy atom. The quantitative estimate of drug-likeness (QED) is 0.666. The molecule has 1 heterocycles. The number of amides is 2. The van der Waals surface area contributed by atoms with Crippen LogP contribution in [0.3, 0.4) is 0 Å². The van der Waals surface area contributed by atoms with Crippen molar-refractivity contribution >= 4 is 23.4 Å². The minimum atomic E-state index is -0.107. The Labute approximate surface area is 207 Å². The van der Waals surface area contributed by atoms with E-state index in [0.717, 1.165) is 45.2 Å². The standard InChI is InChI=1S/C28H34ClN3O2/c29-23-14-12-22(13-15-23)28(34)32-18-16-31(17-19-32)26(21-7-1-2-8-21)27(33)30-25-11-5-9-20-6-3-4-10-24(20)25/h3-4,6,10,12-15,21,25-26H,1-2,5,7-9,11,16-19H2,(H,30,33)/t25-,26+/m0/s1. The molecule has 1 aliphatic heterocycles. The molecule has 5 nitrogen and oxygen atoms in total. The third-order valence-electron chi connectivity index (χ3n) is 7.89. The zero-order valence-corrected chi connectivity index (χ0v) is 20.5. The molecule has 6 heteroatoms. The monoisotopic (exact) mass is 479 g/mol. The normalized spacial score (nSPS) is 22.3. The van der Waals surface area contributed by atoms with Crippen LogP contribution in [0.2, 0.25) is 5.02 Å². The summed E-state index contributed by atoms with van der Waals surface area (Å²) in [6, 6.07) is 15.6. The number of rotatable bonds is 5. The van der Waals surface area contributed by atoms with Crippen LogP contribution in [0, 0.1) is 5.92 Å². The molecular weight excluding hydrogens is 446 g/mol. The molecule has 1 saturated heterocycles. The Kier molecular flexibility index (Phi) is 7.21. The number of nitrogens with zero attached hydrogens (tertiary/aromatic N) is 2. The van der Waals surface area contributed by atoms with Crippen LogP contribution in [0.4, 0.5) is 0 Å². The molecule has 1 N–H and O–H groups in total. The maximum atomic E-state index is 13.7. The van der Waals surface area contributed by atoms with Gasteiger partial charge in [0.1, 0.15) is 0 Å². The summed E-state index contributed by atoms with van der Waals surface area (Å²) in [5.41, 5.74) is 3.32. The van der Waals surface area contributed by atoms with Crippen LogP contribution < -0.4 is 5.32 Å². The van der Waals surface area contributed by atoms with Gasteiger partial charge in [-0.25, -0.2) is 0 Å². The highest BCUT2D eigenvalue weighted by molar-refractivity contribution is 6.30. The lowest BCUT2D eigenvalue weighted by Gasteiger charge is -2.41. The van der Waals surface area contributed by atoms with Crippen LogP contribution in [0.1, 0.15) is 66.1 Å². The molecule has 2 aromatic rings. The van der Waals surface area contributed by atoms with Crippen molar-refractivity contribution in [2.24, 2.45) is 5.92 Å². The summed E-state index contributed by atoms with van der Waals surface area (Å²) in [5, 5.41) is 4.07. The van der Waals surface area contributed by atoms with E-state index in [9.17, 15) is 9.59 Å². The van der Waals surface area contributed by atoms with Gasteiger partial charge in [-0.05, 0) is 73.4 Å². The van der Waals surface area contributed by atoms with Crippen molar-refractivity contribution in [3.63, 3.8) is 0 Å². The Bertz CT molecular complexity index is 1010. The lowest BCUT2D eigenvalue weighted by Crippen LogP contribution is -2.58. The Balaban J connectivity index is 1.26. The van der Waals surface area contributed by atoms with Gasteiger partial charge in [0.25, 0.3) is 5.91 Å². The van der Waals surface area contributed by atoms with Gasteiger partial charge in [-0.3, -0.25) is 14.5 Å². The van der Waals surface area contributed by atoms with E-state index in [-0.39, 0.29) is 23.9 Å².